The topological polar surface area (TPSA) is 70.2 Å². The monoisotopic (exact) mass is 303 g/mol. The molecule has 19 heavy (non-hydrogen) atoms. The number of urea groups is 1. The third-order valence-corrected chi connectivity index (χ3v) is 6.80. The van der Waals surface area contributed by atoms with E-state index in [1.165, 1.54) is 0 Å². The van der Waals surface area contributed by atoms with Gasteiger partial charge in [-0.3, -0.25) is 4.79 Å². The van der Waals surface area contributed by atoms with Gasteiger partial charge in [0.05, 0.1) is 5.54 Å². The predicted octanol–water partition coefficient (Wildman–Crippen LogP) is 1.11. The molecule has 0 radical (unpaired) electrons. The highest BCUT2D eigenvalue weighted by atomic mass is 32.2. The molecule has 2 heterocycles. The molecular formula is C12H21N3O2S2. The van der Waals surface area contributed by atoms with Crippen LogP contribution in [0.2, 0.25) is 0 Å². The van der Waals surface area contributed by atoms with Crippen LogP contribution in [0.5, 0.6) is 0 Å². The van der Waals surface area contributed by atoms with Gasteiger partial charge in [0.25, 0.3) is 0 Å². The molecule has 0 aromatic rings. The predicted molar refractivity (Wildman–Crippen MR) is 80.6 cm³/mol. The molecule has 5 nitrogen and oxygen atoms in total. The maximum absolute atomic E-state index is 11.5. The number of hydrogen-bond donors (Lipinski definition) is 4. The Balaban J connectivity index is 1.85. The summed E-state index contributed by atoms with van der Waals surface area (Å²) in [5.74, 6) is 0.954. The Kier molecular flexibility index (Phi) is 4.25. The van der Waals surface area contributed by atoms with Gasteiger partial charge in [-0.05, 0) is 19.8 Å². The molecule has 3 amide bonds. The summed E-state index contributed by atoms with van der Waals surface area (Å²) in [7, 11) is 1.66. The van der Waals surface area contributed by atoms with E-state index in [0.29, 0.717) is 6.42 Å². The number of carbonyl (C=O) groups excluding carboxylic acids is 2. The van der Waals surface area contributed by atoms with Gasteiger partial charge in [-0.25, -0.2) is 4.79 Å². The zero-order chi connectivity index (χ0) is 14.1. The van der Waals surface area contributed by atoms with Crippen LogP contribution in [-0.2, 0) is 4.79 Å². The number of carbonyl (C=O) groups is 2. The second kappa shape index (κ2) is 5.44. The number of amides is 3. The summed E-state index contributed by atoms with van der Waals surface area (Å²) in [4.78, 5) is 22.2. The van der Waals surface area contributed by atoms with Gasteiger partial charge >= 0.3 is 6.03 Å². The van der Waals surface area contributed by atoms with Crippen LogP contribution in [0.15, 0.2) is 0 Å². The van der Waals surface area contributed by atoms with Crippen molar-refractivity contribution in [3.8, 4) is 0 Å². The summed E-state index contributed by atoms with van der Waals surface area (Å²) in [5, 5.41) is 8.83. The van der Waals surface area contributed by atoms with E-state index < -0.39 is 4.87 Å². The minimum absolute atomic E-state index is 0.0836. The third-order valence-electron chi connectivity index (χ3n) is 3.97. The zero-order valence-corrected chi connectivity index (χ0v) is 13.0. The molecule has 3 atom stereocenters. The van der Waals surface area contributed by atoms with Gasteiger partial charge in [0.1, 0.15) is 4.87 Å². The van der Waals surface area contributed by atoms with Gasteiger partial charge in [-0.2, -0.15) is 11.8 Å². The molecule has 108 valence electrons. The molecule has 0 saturated carbocycles. The highest BCUT2D eigenvalue weighted by Crippen LogP contribution is 2.49. The first-order chi connectivity index (χ1) is 8.91. The summed E-state index contributed by atoms with van der Waals surface area (Å²) < 4.78 is 0. The fourth-order valence-corrected chi connectivity index (χ4v) is 5.11. The first kappa shape index (κ1) is 14.8. The van der Waals surface area contributed by atoms with Crippen LogP contribution in [0.4, 0.5) is 4.79 Å². The summed E-state index contributed by atoms with van der Waals surface area (Å²) in [6.45, 7) is 2.04. The number of fused-ring (bicyclic) bond motifs is 1. The van der Waals surface area contributed by atoms with Gasteiger partial charge in [0.15, 0.2) is 0 Å². The Labute approximate surface area is 123 Å². The van der Waals surface area contributed by atoms with Crippen molar-refractivity contribution in [2.24, 2.45) is 0 Å². The first-order valence-corrected chi connectivity index (χ1v) is 8.06. The second-order valence-corrected chi connectivity index (χ2v) is 7.29. The van der Waals surface area contributed by atoms with Crippen molar-refractivity contribution in [3.05, 3.63) is 0 Å². The Hall–Kier alpha value is -0.560. The highest BCUT2D eigenvalue weighted by Gasteiger charge is 2.61. The second-order valence-electron chi connectivity index (χ2n) is 5.40. The molecule has 0 spiro atoms. The highest BCUT2D eigenvalue weighted by molar-refractivity contribution is 8.01. The fourth-order valence-electron chi connectivity index (χ4n) is 2.69. The molecule has 0 aromatic heterocycles. The average molecular weight is 303 g/mol. The average Bonchev–Trinajstić information content (AvgIpc) is 2.71. The quantitative estimate of drug-likeness (QED) is 0.349. The number of thiol groups is 1. The Bertz CT molecular complexity index is 393. The van der Waals surface area contributed by atoms with Crippen LogP contribution in [0.25, 0.3) is 0 Å². The van der Waals surface area contributed by atoms with E-state index in [1.54, 1.807) is 7.05 Å². The summed E-state index contributed by atoms with van der Waals surface area (Å²) in [6, 6.07) is -0.131. The molecule has 0 aliphatic carbocycles. The van der Waals surface area contributed by atoms with Crippen molar-refractivity contribution in [1.82, 2.24) is 16.0 Å². The summed E-state index contributed by atoms with van der Waals surface area (Å²) in [6.07, 6.45) is 3.37. The van der Waals surface area contributed by atoms with Crippen LogP contribution in [0.3, 0.4) is 0 Å². The maximum atomic E-state index is 11.5. The zero-order valence-electron chi connectivity index (χ0n) is 11.3. The number of hydrogen-bond acceptors (Lipinski definition) is 4. The lowest BCUT2D eigenvalue weighted by molar-refractivity contribution is -0.120. The van der Waals surface area contributed by atoms with Gasteiger partial charge in [0.2, 0.25) is 5.91 Å². The standard InChI is InChI=1S/C12H21N3O2S2/c1-11-7-19-8(5-3-4-6-9(16)13-2)12(11,18)15-10(17)14-11/h8,18H,3-7H2,1-2H3,(H,13,16)(H2,14,15,17)/t8?,11-,12-/m0/s1. The van der Waals surface area contributed by atoms with E-state index in [-0.39, 0.29) is 22.7 Å². The summed E-state index contributed by atoms with van der Waals surface area (Å²) in [5.41, 5.74) is -0.288. The molecule has 2 aliphatic rings. The summed E-state index contributed by atoms with van der Waals surface area (Å²) >= 11 is 6.59. The van der Waals surface area contributed by atoms with Crippen LogP contribution in [0, 0.1) is 0 Å². The van der Waals surface area contributed by atoms with Gasteiger partial charge in [-0.15, -0.1) is 12.6 Å². The van der Waals surface area contributed by atoms with Crippen LogP contribution >= 0.6 is 24.4 Å². The fraction of sp³-hybridized carbons (Fsp3) is 0.833. The number of thioether (sulfide) groups is 1. The van der Waals surface area contributed by atoms with Gasteiger partial charge in [-0.1, -0.05) is 6.42 Å². The largest absolute Gasteiger partial charge is 0.359 e. The van der Waals surface area contributed by atoms with Gasteiger partial charge in [0, 0.05) is 24.5 Å². The Morgan fingerprint density at radius 3 is 2.95 bits per heavy atom. The molecule has 7 heteroatoms. The SMILES string of the molecule is CNC(=O)CCCCC1SC[C@]2(C)NC(=O)N[C@]12S. The Morgan fingerprint density at radius 1 is 1.53 bits per heavy atom. The van der Waals surface area contributed by atoms with Gasteiger partial charge < -0.3 is 16.0 Å². The number of rotatable bonds is 5. The third kappa shape index (κ3) is 2.67. The molecule has 1 unspecified atom stereocenters. The lowest BCUT2D eigenvalue weighted by Gasteiger charge is -2.34. The van der Waals surface area contributed by atoms with E-state index in [4.69, 9.17) is 12.6 Å². The lowest BCUT2D eigenvalue weighted by Crippen LogP contribution is -2.56. The van der Waals surface area contributed by atoms with Crippen molar-refractivity contribution in [3.63, 3.8) is 0 Å². The normalized spacial score (nSPS) is 36.6. The molecule has 2 saturated heterocycles. The Morgan fingerprint density at radius 2 is 2.26 bits per heavy atom. The van der Waals surface area contributed by atoms with E-state index in [9.17, 15) is 9.59 Å². The molecule has 2 rings (SSSR count). The van der Waals surface area contributed by atoms with E-state index >= 15 is 0 Å². The minimum atomic E-state index is -0.484. The minimum Gasteiger partial charge on any atom is -0.359 e. The molecule has 2 aliphatic heterocycles. The molecule has 0 aromatic carbocycles. The molecule has 3 N–H and O–H groups in total. The van der Waals surface area contributed by atoms with Crippen LogP contribution in [-0.4, -0.2) is 40.4 Å². The van der Waals surface area contributed by atoms with Crippen molar-refractivity contribution in [2.45, 2.75) is 48.3 Å². The van der Waals surface area contributed by atoms with Crippen molar-refractivity contribution >= 4 is 36.3 Å². The van der Waals surface area contributed by atoms with Crippen LogP contribution < -0.4 is 16.0 Å². The number of unbranched alkanes of at least 4 members (excludes halogenated alkanes) is 1. The molecule has 0 bridgehead atoms. The molecular weight excluding hydrogens is 282 g/mol. The van der Waals surface area contributed by atoms with Crippen molar-refractivity contribution in [2.75, 3.05) is 12.8 Å². The van der Waals surface area contributed by atoms with E-state index in [2.05, 4.69) is 16.0 Å². The smallest absolute Gasteiger partial charge is 0.316 e. The van der Waals surface area contributed by atoms with Crippen molar-refractivity contribution < 1.29 is 9.59 Å². The molecule has 2 fully saturated rings. The lowest BCUT2D eigenvalue weighted by atomic mass is 9.91. The number of nitrogens with one attached hydrogen (secondary N) is 3. The van der Waals surface area contributed by atoms with Crippen molar-refractivity contribution in [1.29, 1.82) is 0 Å². The maximum Gasteiger partial charge on any atom is 0.316 e. The van der Waals surface area contributed by atoms with Crippen LogP contribution in [0.1, 0.15) is 32.6 Å². The van der Waals surface area contributed by atoms with E-state index in [0.717, 1.165) is 25.0 Å². The first-order valence-electron chi connectivity index (χ1n) is 6.56. The van der Waals surface area contributed by atoms with E-state index in [1.807, 2.05) is 18.7 Å².